The van der Waals surface area contributed by atoms with Crippen LogP contribution in [-0.4, -0.2) is 27.7 Å². The lowest BCUT2D eigenvalue weighted by atomic mass is 10.1. The van der Waals surface area contributed by atoms with Crippen LogP contribution in [0.5, 0.6) is 0 Å². The maximum absolute atomic E-state index is 12.2. The zero-order chi connectivity index (χ0) is 17.1. The van der Waals surface area contributed by atoms with Crippen LogP contribution in [0, 0.1) is 10.1 Å². The van der Waals surface area contributed by atoms with Crippen molar-refractivity contribution < 1.29 is 19.2 Å². The molecule has 1 aliphatic heterocycles. The number of hydrogen-bond donors (Lipinski definition) is 1. The molecule has 1 aromatic rings. The average Bonchev–Trinajstić information content (AvgIpc) is 2.52. The zero-order valence-electron chi connectivity index (χ0n) is 12.4. The van der Waals surface area contributed by atoms with E-state index in [9.17, 15) is 19.7 Å². The average molecular weight is 317 g/mol. The Morgan fingerprint density at radius 3 is 2.48 bits per heavy atom. The number of nitrogens with two attached hydrogens (primary N) is 1. The highest BCUT2D eigenvalue weighted by molar-refractivity contribution is 6.02. The van der Waals surface area contributed by atoms with Gasteiger partial charge in [0, 0.05) is 18.3 Å². The van der Waals surface area contributed by atoms with E-state index in [1.54, 1.807) is 6.92 Å². The number of nitro groups is 1. The van der Waals surface area contributed by atoms with Crippen molar-refractivity contribution in [1.29, 1.82) is 0 Å². The van der Waals surface area contributed by atoms with E-state index < -0.39 is 22.8 Å². The highest BCUT2D eigenvalue weighted by Crippen LogP contribution is 2.21. The largest absolute Gasteiger partial charge is 0.459 e. The van der Waals surface area contributed by atoms with Gasteiger partial charge in [-0.2, -0.15) is 0 Å². The monoisotopic (exact) mass is 317 g/mol. The number of nitro benzene ring substituents is 1. The lowest BCUT2D eigenvalue weighted by molar-refractivity contribution is -0.384. The summed E-state index contributed by atoms with van der Waals surface area (Å²) >= 11 is 0. The Kier molecular flexibility index (Phi) is 4.44. The lowest BCUT2D eigenvalue weighted by Gasteiger charge is -2.33. The minimum absolute atomic E-state index is 0.0494. The highest BCUT2D eigenvalue weighted by atomic mass is 16.6. The van der Waals surface area contributed by atoms with Crippen molar-refractivity contribution in [3.8, 4) is 0 Å². The summed E-state index contributed by atoms with van der Waals surface area (Å²) in [5.74, 6) is -1.10. The van der Waals surface area contributed by atoms with Gasteiger partial charge >= 0.3 is 5.97 Å². The maximum atomic E-state index is 12.2. The number of nitrogens with zero attached hydrogens (tertiary/aromatic N) is 2. The summed E-state index contributed by atoms with van der Waals surface area (Å²) in [6, 6.07) is 4.69. The number of ether oxygens (including phenoxy) is 1. The van der Waals surface area contributed by atoms with Crippen molar-refractivity contribution in [2.45, 2.75) is 19.6 Å². The van der Waals surface area contributed by atoms with Crippen LogP contribution in [0.4, 0.5) is 5.69 Å². The molecular weight excluding hydrogens is 302 g/mol. The van der Waals surface area contributed by atoms with Gasteiger partial charge in [-0.15, -0.1) is 0 Å². The van der Waals surface area contributed by atoms with Crippen molar-refractivity contribution in [2.75, 3.05) is 0 Å². The SMILES string of the molecule is C=C(C)C(C(=O)OCc1ccc([N+](=O)[O-])cc1)N1C=C(N)C1=O. The van der Waals surface area contributed by atoms with Crippen LogP contribution in [0.2, 0.25) is 0 Å². The molecule has 1 heterocycles. The third-order valence-corrected chi connectivity index (χ3v) is 3.26. The molecule has 0 spiro atoms. The standard InChI is InChI=1S/C15H15N3O5/c1-9(2)13(17-7-12(16)14(17)19)15(20)23-8-10-3-5-11(6-4-10)18(21)22/h3-7,13H,1,8,16H2,2H3. The highest BCUT2D eigenvalue weighted by Gasteiger charge is 2.37. The van der Waals surface area contributed by atoms with Crippen LogP contribution in [0.25, 0.3) is 0 Å². The number of carbonyl (C=O) groups is 2. The van der Waals surface area contributed by atoms with E-state index in [1.165, 1.54) is 30.5 Å². The molecule has 0 fully saturated rings. The van der Waals surface area contributed by atoms with E-state index in [2.05, 4.69) is 6.58 Å². The lowest BCUT2D eigenvalue weighted by Crippen LogP contribution is -2.50. The smallest absolute Gasteiger partial charge is 0.333 e. The van der Waals surface area contributed by atoms with Gasteiger partial charge in [-0.1, -0.05) is 6.58 Å². The minimum Gasteiger partial charge on any atom is -0.459 e. The summed E-state index contributed by atoms with van der Waals surface area (Å²) in [7, 11) is 0. The van der Waals surface area contributed by atoms with E-state index in [-0.39, 0.29) is 18.0 Å². The van der Waals surface area contributed by atoms with Gasteiger partial charge in [0.05, 0.1) is 4.92 Å². The topological polar surface area (TPSA) is 116 Å². The third kappa shape index (κ3) is 3.37. The van der Waals surface area contributed by atoms with Crippen LogP contribution < -0.4 is 5.73 Å². The summed E-state index contributed by atoms with van der Waals surface area (Å²) in [6.45, 7) is 5.22. The van der Waals surface area contributed by atoms with E-state index >= 15 is 0 Å². The minimum atomic E-state index is -0.937. The van der Waals surface area contributed by atoms with Crippen LogP contribution >= 0.6 is 0 Å². The molecular formula is C15H15N3O5. The quantitative estimate of drug-likeness (QED) is 0.365. The molecule has 23 heavy (non-hydrogen) atoms. The van der Waals surface area contributed by atoms with E-state index in [4.69, 9.17) is 10.5 Å². The summed E-state index contributed by atoms with van der Waals surface area (Å²) < 4.78 is 5.16. The van der Waals surface area contributed by atoms with Gasteiger partial charge in [0.15, 0.2) is 6.04 Å². The molecule has 8 nitrogen and oxygen atoms in total. The van der Waals surface area contributed by atoms with Gasteiger partial charge in [-0.25, -0.2) is 4.79 Å². The number of carbonyl (C=O) groups excluding carboxylic acids is 2. The zero-order valence-corrected chi connectivity index (χ0v) is 12.4. The molecule has 1 aromatic carbocycles. The molecule has 2 rings (SSSR count). The van der Waals surface area contributed by atoms with Crippen LogP contribution in [0.1, 0.15) is 12.5 Å². The predicted octanol–water partition coefficient (Wildman–Crippen LogP) is 1.22. The first kappa shape index (κ1) is 16.2. The number of benzene rings is 1. The third-order valence-electron chi connectivity index (χ3n) is 3.26. The van der Waals surface area contributed by atoms with E-state index in [1.807, 2.05) is 0 Å². The van der Waals surface area contributed by atoms with E-state index in [0.717, 1.165) is 4.90 Å². The van der Waals surface area contributed by atoms with Crippen molar-refractivity contribution >= 4 is 17.6 Å². The summed E-state index contributed by atoms with van der Waals surface area (Å²) in [5, 5.41) is 10.6. The van der Waals surface area contributed by atoms with E-state index in [0.29, 0.717) is 11.1 Å². The first-order valence-electron chi connectivity index (χ1n) is 6.66. The fourth-order valence-electron chi connectivity index (χ4n) is 2.04. The number of rotatable bonds is 6. The summed E-state index contributed by atoms with van der Waals surface area (Å²) in [5.41, 5.74) is 6.44. The number of non-ortho nitro benzene ring substituents is 1. The molecule has 120 valence electrons. The normalized spacial score (nSPS) is 14.6. The molecule has 0 saturated carbocycles. The molecule has 0 aliphatic carbocycles. The Hall–Kier alpha value is -3.16. The number of hydrogen-bond acceptors (Lipinski definition) is 6. The Labute approximate surface area is 132 Å². The molecule has 0 aromatic heterocycles. The molecule has 2 N–H and O–H groups in total. The van der Waals surface area contributed by atoms with Crippen molar-refractivity contribution in [3.63, 3.8) is 0 Å². The molecule has 1 atom stereocenters. The van der Waals surface area contributed by atoms with Crippen LogP contribution in [0.3, 0.4) is 0 Å². The molecule has 1 amide bonds. The second kappa shape index (κ2) is 6.30. The Bertz CT molecular complexity index is 708. The van der Waals surface area contributed by atoms with Gasteiger partial charge in [-0.3, -0.25) is 19.8 Å². The second-order valence-electron chi connectivity index (χ2n) is 5.08. The van der Waals surface area contributed by atoms with Gasteiger partial charge in [-0.05, 0) is 30.2 Å². The van der Waals surface area contributed by atoms with Gasteiger partial charge in [0.25, 0.3) is 11.6 Å². The predicted molar refractivity (Wildman–Crippen MR) is 80.6 cm³/mol. The van der Waals surface area contributed by atoms with Crippen LogP contribution in [0.15, 0.2) is 48.3 Å². The Morgan fingerprint density at radius 1 is 1.43 bits per heavy atom. The molecule has 0 radical (unpaired) electrons. The molecule has 8 heteroatoms. The van der Waals surface area contributed by atoms with Crippen molar-refractivity contribution in [2.24, 2.45) is 5.73 Å². The van der Waals surface area contributed by atoms with Crippen molar-refractivity contribution in [1.82, 2.24) is 4.90 Å². The van der Waals surface area contributed by atoms with Gasteiger partial charge < -0.3 is 10.5 Å². The first-order valence-corrected chi connectivity index (χ1v) is 6.66. The Morgan fingerprint density at radius 2 is 2.04 bits per heavy atom. The van der Waals surface area contributed by atoms with Gasteiger partial charge in [0.2, 0.25) is 0 Å². The fraction of sp³-hybridized carbons (Fsp3) is 0.200. The molecule has 0 bridgehead atoms. The second-order valence-corrected chi connectivity index (χ2v) is 5.08. The molecule has 0 saturated heterocycles. The van der Waals surface area contributed by atoms with Gasteiger partial charge in [0.1, 0.15) is 12.3 Å². The molecule has 1 unspecified atom stereocenters. The summed E-state index contributed by atoms with van der Waals surface area (Å²) in [4.78, 5) is 35.0. The number of amides is 1. The summed E-state index contributed by atoms with van der Waals surface area (Å²) in [6.07, 6.45) is 1.36. The van der Waals surface area contributed by atoms with Crippen molar-refractivity contribution in [3.05, 3.63) is 64.0 Å². The Balaban J connectivity index is 2.01. The fourth-order valence-corrected chi connectivity index (χ4v) is 2.04. The van der Waals surface area contributed by atoms with Crippen LogP contribution in [-0.2, 0) is 20.9 Å². The first-order chi connectivity index (χ1) is 10.8. The molecule has 1 aliphatic rings. The maximum Gasteiger partial charge on any atom is 0.333 e. The number of esters is 1.